The number of nitrogens with zero attached hydrogens (tertiary/aromatic N) is 1. The number of amides is 2. The summed E-state index contributed by atoms with van der Waals surface area (Å²) >= 11 is 1.70. The Hall–Kier alpha value is -1.56. The highest BCUT2D eigenvalue weighted by atomic mass is 32.1. The van der Waals surface area contributed by atoms with E-state index in [1.54, 1.807) is 23.3 Å². The van der Waals surface area contributed by atoms with E-state index in [4.69, 9.17) is 5.11 Å². The normalized spacial score (nSPS) is 10.2. The number of thiophene rings is 1. The van der Waals surface area contributed by atoms with Crippen LogP contribution >= 0.6 is 11.3 Å². The number of carbonyl (C=O) groups excluding carboxylic acids is 1. The van der Waals surface area contributed by atoms with E-state index < -0.39 is 5.97 Å². The van der Waals surface area contributed by atoms with Gasteiger partial charge in [0.25, 0.3) is 0 Å². The molecule has 1 aromatic rings. The van der Waals surface area contributed by atoms with E-state index in [1.165, 1.54) is 4.88 Å². The minimum atomic E-state index is -0.762. The summed E-state index contributed by atoms with van der Waals surface area (Å²) in [5.41, 5.74) is 0. The highest BCUT2D eigenvalue weighted by Gasteiger charge is 2.07. The van der Waals surface area contributed by atoms with E-state index in [0.717, 1.165) is 19.3 Å². The van der Waals surface area contributed by atoms with E-state index in [1.807, 2.05) is 11.4 Å². The monoisotopic (exact) mass is 298 g/mol. The number of likely N-dealkylation sites (N-methyl/N-ethyl adjacent to an activating group) is 1. The summed E-state index contributed by atoms with van der Waals surface area (Å²) in [6, 6.07) is 4.01. The number of hydrogen-bond donors (Lipinski definition) is 2. The molecule has 0 fully saturated rings. The number of nitrogens with one attached hydrogen (secondary N) is 1. The first-order valence-electron chi connectivity index (χ1n) is 6.82. The lowest BCUT2D eigenvalue weighted by Gasteiger charge is -2.17. The van der Waals surface area contributed by atoms with Gasteiger partial charge in [0, 0.05) is 31.4 Å². The van der Waals surface area contributed by atoms with Crippen molar-refractivity contribution < 1.29 is 14.7 Å². The number of hydrogen-bond acceptors (Lipinski definition) is 3. The summed E-state index contributed by atoms with van der Waals surface area (Å²) in [5.74, 6) is -0.762. The van der Waals surface area contributed by atoms with Crippen molar-refractivity contribution in [3.8, 4) is 0 Å². The van der Waals surface area contributed by atoms with Gasteiger partial charge in [-0.05, 0) is 30.7 Å². The van der Waals surface area contributed by atoms with Gasteiger partial charge in [0.2, 0.25) is 0 Å². The van der Waals surface area contributed by atoms with Crippen LogP contribution in [0.3, 0.4) is 0 Å². The van der Waals surface area contributed by atoms with Gasteiger partial charge in [-0.1, -0.05) is 12.5 Å². The SMILES string of the molecule is CN(CCc1cccs1)C(=O)NCCCCCC(=O)O. The molecule has 0 saturated heterocycles. The number of carbonyl (C=O) groups is 2. The van der Waals surface area contributed by atoms with Gasteiger partial charge < -0.3 is 15.3 Å². The van der Waals surface area contributed by atoms with E-state index in [2.05, 4.69) is 11.4 Å². The summed E-state index contributed by atoms with van der Waals surface area (Å²) in [6.07, 6.45) is 3.39. The van der Waals surface area contributed by atoms with Gasteiger partial charge in [0.1, 0.15) is 0 Å². The number of carboxylic acid groups (broad SMARTS) is 1. The van der Waals surface area contributed by atoms with Crippen LogP contribution in [0.2, 0.25) is 0 Å². The second-order valence-corrected chi connectivity index (χ2v) is 5.72. The standard InChI is InChI=1S/C14H22N2O3S/c1-16(10-8-12-6-5-11-20-12)14(19)15-9-4-2-3-7-13(17)18/h5-6,11H,2-4,7-10H2,1H3,(H,15,19)(H,17,18). The second kappa shape index (κ2) is 9.36. The number of unbranched alkanes of at least 4 members (excludes halogenated alkanes) is 2. The third-order valence-electron chi connectivity index (χ3n) is 2.96. The highest BCUT2D eigenvalue weighted by Crippen LogP contribution is 2.09. The van der Waals surface area contributed by atoms with Gasteiger partial charge in [0.15, 0.2) is 0 Å². The molecular formula is C14H22N2O3S. The Morgan fingerprint density at radius 3 is 2.80 bits per heavy atom. The Bertz CT molecular complexity index is 407. The Labute approximate surface area is 123 Å². The molecule has 0 saturated carbocycles. The number of aliphatic carboxylic acids is 1. The molecule has 0 aliphatic heterocycles. The van der Waals surface area contributed by atoms with Crippen molar-refractivity contribution >= 4 is 23.3 Å². The summed E-state index contributed by atoms with van der Waals surface area (Å²) < 4.78 is 0. The molecule has 5 nitrogen and oxygen atoms in total. The maximum Gasteiger partial charge on any atom is 0.317 e. The van der Waals surface area contributed by atoms with Crippen LogP contribution in [-0.2, 0) is 11.2 Å². The Balaban J connectivity index is 2.05. The molecular weight excluding hydrogens is 276 g/mol. The topological polar surface area (TPSA) is 69.6 Å². The molecule has 20 heavy (non-hydrogen) atoms. The Morgan fingerprint density at radius 2 is 2.15 bits per heavy atom. The van der Waals surface area contributed by atoms with Crippen LogP contribution in [0, 0.1) is 0 Å². The number of carboxylic acids is 1. The molecule has 1 aromatic heterocycles. The fourth-order valence-corrected chi connectivity index (χ4v) is 2.44. The average Bonchev–Trinajstić information content (AvgIpc) is 2.92. The van der Waals surface area contributed by atoms with E-state index in [0.29, 0.717) is 19.5 Å². The van der Waals surface area contributed by atoms with Crippen molar-refractivity contribution in [1.29, 1.82) is 0 Å². The predicted molar refractivity (Wildman–Crippen MR) is 80.2 cm³/mol. The molecule has 0 radical (unpaired) electrons. The van der Waals surface area contributed by atoms with Crippen LogP contribution in [0.4, 0.5) is 4.79 Å². The molecule has 0 atom stereocenters. The zero-order valence-corrected chi connectivity index (χ0v) is 12.6. The molecule has 0 bridgehead atoms. The van der Waals surface area contributed by atoms with E-state index in [9.17, 15) is 9.59 Å². The second-order valence-electron chi connectivity index (χ2n) is 4.69. The molecule has 112 valence electrons. The largest absolute Gasteiger partial charge is 0.481 e. The number of urea groups is 1. The molecule has 2 amide bonds. The zero-order valence-electron chi connectivity index (χ0n) is 11.8. The zero-order chi connectivity index (χ0) is 14.8. The number of rotatable bonds is 9. The lowest BCUT2D eigenvalue weighted by Crippen LogP contribution is -2.38. The van der Waals surface area contributed by atoms with E-state index in [-0.39, 0.29) is 12.5 Å². The lowest BCUT2D eigenvalue weighted by molar-refractivity contribution is -0.137. The summed E-state index contributed by atoms with van der Waals surface area (Å²) in [6.45, 7) is 1.30. The molecule has 0 aliphatic rings. The van der Waals surface area contributed by atoms with Crippen molar-refractivity contribution in [2.24, 2.45) is 0 Å². The van der Waals surface area contributed by atoms with E-state index >= 15 is 0 Å². The van der Waals surface area contributed by atoms with Crippen molar-refractivity contribution in [3.63, 3.8) is 0 Å². The first-order valence-corrected chi connectivity index (χ1v) is 7.70. The van der Waals surface area contributed by atoms with Crippen LogP contribution in [0.1, 0.15) is 30.6 Å². The lowest BCUT2D eigenvalue weighted by atomic mass is 10.2. The van der Waals surface area contributed by atoms with Gasteiger partial charge in [-0.15, -0.1) is 11.3 Å². The Morgan fingerprint density at radius 1 is 1.35 bits per heavy atom. The van der Waals surface area contributed by atoms with Crippen LogP contribution < -0.4 is 5.32 Å². The van der Waals surface area contributed by atoms with Gasteiger partial charge in [-0.2, -0.15) is 0 Å². The minimum absolute atomic E-state index is 0.0696. The molecule has 0 spiro atoms. The summed E-state index contributed by atoms with van der Waals surface area (Å²) in [7, 11) is 1.79. The fraction of sp³-hybridized carbons (Fsp3) is 0.571. The summed E-state index contributed by atoms with van der Waals surface area (Å²) in [4.78, 5) is 25.0. The molecule has 1 heterocycles. The molecule has 0 aromatic carbocycles. The van der Waals surface area contributed by atoms with Crippen LogP contribution in [0.25, 0.3) is 0 Å². The third kappa shape index (κ3) is 7.13. The summed E-state index contributed by atoms with van der Waals surface area (Å²) in [5, 5.41) is 13.4. The van der Waals surface area contributed by atoms with Crippen molar-refractivity contribution in [3.05, 3.63) is 22.4 Å². The third-order valence-corrected chi connectivity index (χ3v) is 3.90. The van der Waals surface area contributed by atoms with Gasteiger partial charge in [-0.25, -0.2) is 4.79 Å². The molecule has 0 unspecified atom stereocenters. The van der Waals surface area contributed by atoms with Crippen LogP contribution in [0.15, 0.2) is 17.5 Å². The minimum Gasteiger partial charge on any atom is -0.481 e. The van der Waals surface area contributed by atoms with Crippen molar-refractivity contribution in [1.82, 2.24) is 10.2 Å². The molecule has 0 aliphatic carbocycles. The van der Waals surface area contributed by atoms with Gasteiger partial charge in [-0.3, -0.25) is 4.79 Å². The predicted octanol–water partition coefficient (Wildman–Crippen LogP) is 2.58. The van der Waals surface area contributed by atoms with Crippen molar-refractivity contribution in [2.45, 2.75) is 32.1 Å². The first-order chi connectivity index (χ1) is 9.59. The average molecular weight is 298 g/mol. The van der Waals surface area contributed by atoms with Crippen LogP contribution in [0.5, 0.6) is 0 Å². The maximum absolute atomic E-state index is 11.8. The van der Waals surface area contributed by atoms with Crippen LogP contribution in [-0.4, -0.2) is 42.1 Å². The maximum atomic E-state index is 11.8. The molecule has 6 heteroatoms. The Kier molecular flexibility index (Phi) is 7.72. The quantitative estimate of drug-likeness (QED) is 0.688. The fourth-order valence-electron chi connectivity index (χ4n) is 1.74. The molecule has 1 rings (SSSR count). The van der Waals surface area contributed by atoms with Crippen molar-refractivity contribution in [2.75, 3.05) is 20.1 Å². The first kappa shape index (κ1) is 16.5. The molecule has 2 N–H and O–H groups in total. The smallest absolute Gasteiger partial charge is 0.317 e. The van der Waals surface area contributed by atoms with Gasteiger partial charge >= 0.3 is 12.0 Å². The van der Waals surface area contributed by atoms with Gasteiger partial charge in [0.05, 0.1) is 0 Å². The highest BCUT2D eigenvalue weighted by molar-refractivity contribution is 7.09.